The van der Waals surface area contributed by atoms with Crippen LogP contribution in [-0.2, 0) is 4.74 Å². The number of amides is 1. The molecule has 1 aromatic heterocycles. The molecule has 0 aliphatic carbocycles. The highest BCUT2D eigenvalue weighted by molar-refractivity contribution is 5.85. The Morgan fingerprint density at radius 1 is 1.42 bits per heavy atom. The predicted octanol–water partition coefficient (Wildman–Crippen LogP) is 3.00. The zero-order chi connectivity index (χ0) is 17.9. The number of nitro benzene ring substituents is 1. The molecule has 0 saturated carbocycles. The number of para-hydroxylation sites is 2. The van der Waals surface area contributed by atoms with E-state index in [9.17, 15) is 20.2 Å². The number of carbonyl (C=O) groups is 1. The zero-order valence-corrected chi connectivity index (χ0v) is 13.3. The Labute approximate surface area is 137 Å². The number of hydrogen-bond acceptors (Lipinski definition) is 6. The fraction of sp³-hybridized carbons (Fsp3) is 0.267. The van der Waals surface area contributed by atoms with E-state index in [4.69, 9.17) is 4.74 Å². The number of nitro groups is 1. The van der Waals surface area contributed by atoms with Crippen LogP contribution in [-0.4, -0.2) is 26.4 Å². The molecule has 9 heteroatoms. The van der Waals surface area contributed by atoms with Crippen molar-refractivity contribution in [1.29, 1.82) is 5.26 Å². The van der Waals surface area contributed by atoms with E-state index in [1.165, 1.54) is 29.1 Å². The number of aromatic nitrogens is 2. The fourth-order valence-corrected chi connectivity index (χ4v) is 1.88. The predicted molar refractivity (Wildman–Crippen MR) is 84.8 cm³/mol. The molecular weight excluding hydrogens is 314 g/mol. The van der Waals surface area contributed by atoms with E-state index in [0.717, 1.165) is 0 Å². The smallest absolute Gasteiger partial charge is 0.413 e. The minimum atomic E-state index is -0.771. The Balaban J connectivity index is 2.37. The van der Waals surface area contributed by atoms with Crippen molar-refractivity contribution in [3.8, 4) is 11.8 Å². The van der Waals surface area contributed by atoms with E-state index in [0.29, 0.717) is 0 Å². The van der Waals surface area contributed by atoms with E-state index in [-0.39, 0.29) is 22.8 Å². The van der Waals surface area contributed by atoms with Gasteiger partial charge in [0.05, 0.1) is 11.1 Å². The van der Waals surface area contributed by atoms with Gasteiger partial charge in [-0.15, -0.1) is 5.10 Å². The molecule has 2 rings (SSSR count). The Hall–Kier alpha value is -3.41. The van der Waals surface area contributed by atoms with Crippen LogP contribution < -0.4 is 5.32 Å². The standard InChI is InChI=1S/C15H15N5O4/c1-15(2,3)24-14(21)17-13-10(8-16)9-19(18-13)11-6-4-5-7-12(11)20(22)23/h4-7,9H,1-3H3,(H,17,18,21). The normalized spacial score (nSPS) is 10.8. The minimum absolute atomic E-state index is 0.0371. The first-order chi connectivity index (χ1) is 11.2. The Bertz CT molecular complexity index is 829. The second kappa shape index (κ2) is 6.37. The molecule has 0 radical (unpaired) electrons. The van der Waals surface area contributed by atoms with Gasteiger partial charge in [0, 0.05) is 6.07 Å². The van der Waals surface area contributed by atoms with Crippen LogP contribution in [0, 0.1) is 21.4 Å². The van der Waals surface area contributed by atoms with Crippen LogP contribution in [0.5, 0.6) is 0 Å². The molecule has 1 amide bonds. The van der Waals surface area contributed by atoms with Gasteiger partial charge >= 0.3 is 6.09 Å². The number of anilines is 1. The second-order valence-corrected chi connectivity index (χ2v) is 5.82. The van der Waals surface area contributed by atoms with Crippen molar-refractivity contribution in [3.05, 3.63) is 46.1 Å². The third kappa shape index (κ3) is 3.86. The number of nitrogens with zero attached hydrogens (tertiary/aromatic N) is 4. The molecule has 2 aromatic rings. The molecule has 9 nitrogen and oxygen atoms in total. The zero-order valence-electron chi connectivity index (χ0n) is 13.3. The van der Waals surface area contributed by atoms with Gasteiger partial charge in [-0.05, 0) is 26.8 Å². The lowest BCUT2D eigenvalue weighted by Crippen LogP contribution is -2.27. The summed E-state index contributed by atoms with van der Waals surface area (Å²) in [6, 6.07) is 7.82. The summed E-state index contributed by atoms with van der Waals surface area (Å²) in [5, 5.41) is 26.7. The molecule has 0 spiro atoms. The topological polar surface area (TPSA) is 123 Å². The third-order valence-corrected chi connectivity index (χ3v) is 2.78. The van der Waals surface area contributed by atoms with Crippen molar-refractivity contribution < 1.29 is 14.5 Å². The second-order valence-electron chi connectivity index (χ2n) is 5.82. The van der Waals surface area contributed by atoms with E-state index in [2.05, 4.69) is 10.4 Å². The quantitative estimate of drug-likeness (QED) is 0.682. The van der Waals surface area contributed by atoms with Gasteiger partial charge in [-0.2, -0.15) is 5.26 Å². The first-order valence-electron chi connectivity index (χ1n) is 6.95. The lowest BCUT2D eigenvalue weighted by molar-refractivity contribution is -0.384. The van der Waals surface area contributed by atoms with E-state index in [1.807, 2.05) is 6.07 Å². The summed E-state index contributed by atoms with van der Waals surface area (Å²) in [6.07, 6.45) is 0.529. The largest absolute Gasteiger partial charge is 0.444 e. The Morgan fingerprint density at radius 2 is 2.08 bits per heavy atom. The first kappa shape index (κ1) is 17.0. The van der Waals surface area contributed by atoms with Crippen LogP contribution in [0.1, 0.15) is 26.3 Å². The SMILES string of the molecule is CC(C)(C)OC(=O)Nc1nn(-c2ccccc2[N+](=O)[O-])cc1C#N. The van der Waals surface area contributed by atoms with Crippen molar-refractivity contribution in [2.45, 2.75) is 26.4 Å². The van der Waals surface area contributed by atoms with Crippen molar-refractivity contribution in [2.75, 3.05) is 5.32 Å². The molecule has 0 bridgehead atoms. The maximum Gasteiger partial charge on any atom is 0.413 e. The van der Waals surface area contributed by atoms with Gasteiger partial charge in [0.2, 0.25) is 0 Å². The molecule has 0 aliphatic rings. The molecular formula is C15H15N5O4. The van der Waals surface area contributed by atoms with Crippen molar-refractivity contribution in [2.24, 2.45) is 0 Å². The summed E-state index contributed by atoms with van der Waals surface area (Å²) < 4.78 is 6.27. The van der Waals surface area contributed by atoms with Gasteiger partial charge in [-0.25, -0.2) is 9.48 Å². The maximum atomic E-state index is 11.8. The van der Waals surface area contributed by atoms with Crippen LogP contribution in [0.15, 0.2) is 30.5 Å². The average molecular weight is 329 g/mol. The molecule has 0 fully saturated rings. The monoisotopic (exact) mass is 329 g/mol. The summed E-state index contributed by atoms with van der Waals surface area (Å²) in [7, 11) is 0. The van der Waals surface area contributed by atoms with Crippen LogP contribution in [0.25, 0.3) is 5.69 Å². The lowest BCUT2D eigenvalue weighted by Gasteiger charge is -2.19. The molecule has 0 saturated heterocycles. The number of nitrogens with one attached hydrogen (secondary N) is 1. The van der Waals surface area contributed by atoms with Crippen LogP contribution >= 0.6 is 0 Å². The van der Waals surface area contributed by atoms with Gasteiger partial charge in [0.25, 0.3) is 5.69 Å². The van der Waals surface area contributed by atoms with Gasteiger partial charge in [0.15, 0.2) is 5.82 Å². The van der Waals surface area contributed by atoms with Crippen molar-refractivity contribution in [1.82, 2.24) is 9.78 Å². The van der Waals surface area contributed by atoms with Crippen LogP contribution in [0.3, 0.4) is 0 Å². The maximum absolute atomic E-state index is 11.8. The van der Waals surface area contributed by atoms with Gasteiger partial charge in [-0.1, -0.05) is 12.1 Å². The highest BCUT2D eigenvalue weighted by Crippen LogP contribution is 2.24. The van der Waals surface area contributed by atoms with Gasteiger partial charge < -0.3 is 4.74 Å². The van der Waals surface area contributed by atoms with E-state index < -0.39 is 16.6 Å². The van der Waals surface area contributed by atoms with Crippen molar-refractivity contribution in [3.63, 3.8) is 0 Å². The molecule has 1 N–H and O–H groups in total. The summed E-state index contributed by atoms with van der Waals surface area (Å²) >= 11 is 0. The molecule has 0 aliphatic heterocycles. The highest BCUT2D eigenvalue weighted by atomic mass is 16.6. The number of rotatable bonds is 3. The van der Waals surface area contributed by atoms with E-state index in [1.54, 1.807) is 26.8 Å². The molecule has 124 valence electrons. The highest BCUT2D eigenvalue weighted by Gasteiger charge is 2.21. The molecule has 24 heavy (non-hydrogen) atoms. The van der Waals surface area contributed by atoms with Crippen LogP contribution in [0.2, 0.25) is 0 Å². The summed E-state index contributed by atoms with van der Waals surface area (Å²) in [5.74, 6) is -0.0371. The number of benzene rings is 1. The molecule has 0 atom stereocenters. The van der Waals surface area contributed by atoms with Crippen LogP contribution in [0.4, 0.5) is 16.3 Å². The summed E-state index contributed by atoms with van der Waals surface area (Å²) in [6.45, 7) is 5.09. The fourth-order valence-electron chi connectivity index (χ4n) is 1.88. The van der Waals surface area contributed by atoms with Gasteiger partial charge in [0.1, 0.15) is 22.9 Å². The van der Waals surface area contributed by atoms with Gasteiger partial charge in [-0.3, -0.25) is 15.4 Å². The lowest BCUT2D eigenvalue weighted by atomic mass is 10.2. The van der Waals surface area contributed by atoms with E-state index >= 15 is 0 Å². The number of nitriles is 1. The Morgan fingerprint density at radius 3 is 2.67 bits per heavy atom. The third-order valence-electron chi connectivity index (χ3n) is 2.78. The molecule has 1 aromatic carbocycles. The number of carbonyl (C=O) groups excluding carboxylic acids is 1. The number of hydrogen-bond donors (Lipinski definition) is 1. The summed E-state index contributed by atoms with van der Waals surface area (Å²) in [4.78, 5) is 22.4. The average Bonchev–Trinajstić information content (AvgIpc) is 2.87. The molecule has 0 unspecified atom stereocenters. The number of ether oxygens (including phenoxy) is 1. The Kier molecular flexibility index (Phi) is 4.50. The summed E-state index contributed by atoms with van der Waals surface area (Å²) in [5.41, 5.74) is -0.652. The van der Waals surface area contributed by atoms with Crippen molar-refractivity contribution >= 4 is 17.6 Å². The molecule has 1 heterocycles. The first-order valence-corrected chi connectivity index (χ1v) is 6.95. The minimum Gasteiger partial charge on any atom is -0.444 e.